The van der Waals surface area contributed by atoms with Crippen LogP contribution in [0.2, 0.25) is 0 Å². The Morgan fingerprint density at radius 1 is 1.17 bits per heavy atom. The van der Waals surface area contributed by atoms with Gasteiger partial charge >= 0.3 is 0 Å². The summed E-state index contributed by atoms with van der Waals surface area (Å²) in [7, 11) is 0. The van der Waals surface area contributed by atoms with Gasteiger partial charge in [-0.25, -0.2) is 0 Å². The summed E-state index contributed by atoms with van der Waals surface area (Å²) >= 11 is 0. The van der Waals surface area contributed by atoms with E-state index < -0.39 is 4.92 Å². The van der Waals surface area contributed by atoms with E-state index in [0.717, 1.165) is 19.5 Å². The van der Waals surface area contributed by atoms with Crippen LogP contribution in [0.15, 0.2) is 54.6 Å². The van der Waals surface area contributed by atoms with Crippen LogP contribution in [0.5, 0.6) is 0 Å². The second-order valence-electron chi connectivity index (χ2n) is 5.95. The van der Waals surface area contributed by atoms with E-state index >= 15 is 0 Å². The zero-order valence-corrected chi connectivity index (χ0v) is 13.2. The number of carbonyl (C=O) groups excluding carboxylic acids is 1. The van der Waals surface area contributed by atoms with Gasteiger partial charge in [-0.3, -0.25) is 14.9 Å². The molecular formula is C18H19N3O3. The molecule has 0 saturated carbocycles. The van der Waals surface area contributed by atoms with Gasteiger partial charge in [-0.1, -0.05) is 18.2 Å². The number of hydrogen-bond acceptors (Lipinski definition) is 4. The Bertz CT molecular complexity index is 716. The second kappa shape index (κ2) is 7.12. The molecule has 1 unspecified atom stereocenters. The van der Waals surface area contributed by atoms with Crippen LogP contribution in [0.25, 0.3) is 0 Å². The Labute approximate surface area is 140 Å². The van der Waals surface area contributed by atoms with E-state index in [2.05, 4.69) is 22.3 Å². The largest absolute Gasteiger partial charge is 0.371 e. The zero-order chi connectivity index (χ0) is 16.9. The SMILES string of the molecule is O=C(NCC1CCN(c2ccccc2)C1)c1ccc([N+](=O)[O-])cc1. The minimum atomic E-state index is -0.474. The first-order valence-electron chi connectivity index (χ1n) is 7.96. The Morgan fingerprint density at radius 3 is 2.54 bits per heavy atom. The van der Waals surface area contributed by atoms with Crippen LogP contribution in [-0.4, -0.2) is 30.5 Å². The van der Waals surface area contributed by atoms with E-state index in [9.17, 15) is 14.9 Å². The fraction of sp³-hybridized carbons (Fsp3) is 0.278. The summed E-state index contributed by atoms with van der Waals surface area (Å²) in [6, 6.07) is 15.9. The van der Waals surface area contributed by atoms with Crippen molar-refractivity contribution in [1.29, 1.82) is 0 Å². The molecule has 1 amide bonds. The van der Waals surface area contributed by atoms with E-state index in [0.29, 0.717) is 18.0 Å². The van der Waals surface area contributed by atoms with Crippen LogP contribution in [0.1, 0.15) is 16.8 Å². The summed E-state index contributed by atoms with van der Waals surface area (Å²) in [5, 5.41) is 13.6. The number of nitrogens with one attached hydrogen (secondary N) is 1. The van der Waals surface area contributed by atoms with E-state index in [4.69, 9.17) is 0 Å². The number of nitro groups is 1. The Balaban J connectivity index is 1.51. The van der Waals surface area contributed by atoms with E-state index in [1.807, 2.05) is 18.2 Å². The molecule has 1 N–H and O–H groups in total. The summed E-state index contributed by atoms with van der Waals surface area (Å²) < 4.78 is 0. The molecule has 0 bridgehead atoms. The molecule has 1 heterocycles. The molecule has 0 radical (unpaired) electrons. The lowest BCUT2D eigenvalue weighted by Crippen LogP contribution is -2.31. The van der Waals surface area contributed by atoms with Gasteiger partial charge in [-0.2, -0.15) is 0 Å². The quantitative estimate of drug-likeness (QED) is 0.677. The van der Waals surface area contributed by atoms with E-state index in [1.165, 1.54) is 30.0 Å². The average Bonchev–Trinajstić information content (AvgIpc) is 3.09. The lowest BCUT2D eigenvalue weighted by atomic mass is 10.1. The minimum absolute atomic E-state index is 0.0131. The standard InChI is InChI=1S/C18H19N3O3/c22-18(15-6-8-17(9-7-15)21(23)24)19-12-14-10-11-20(13-14)16-4-2-1-3-5-16/h1-9,14H,10-13H2,(H,19,22). The third-order valence-corrected chi connectivity index (χ3v) is 4.30. The zero-order valence-electron chi connectivity index (χ0n) is 13.2. The molecule has 24 heavy (non-hydrogen) atoms. The summed E-state index contributed by atoms with van der Waals surface area (Å²) in [5.41, 5.74) is 1.64. The van der Waals surface area contributed by atoms with Crippen LogP contribution < -0.4 is 10.2 Å². The lowest BCUT2D eigenvalue weighted by molar-refractivity contribution is -0.384. The summed E-state index contributed by atoms with van der Waals surface area (Å²) in [4.78, 5) is 24.6. The first-order chi connectivity index (χ1) is 11.6. The minimum Gasteiger partial charge on any atom is -0.371 e. The van der Waals surface area contributed by atoms with Crippen molar-refractivity contribution >= 4 is 17.3 Å². The van der Waals surface area contributed by atoms with Crippen LogP contribution in [0, 0.1) is 16.0 Å². The van der Waals surface area contributed by atoms with Gasteiger partial charge in [0.25, 0.3) is 11.6 Å². The van der Waals surface area contributed by atoms with Gasteiger partial charge in [0.2, 0.25) is 0 Å². The number of amides is 1. The molecule has 0 aliphatic carbocycles. The average molecular weight is 325 g/mol. The molecule has 1 aliphatic heterocycles. The predicted molar refractivity (Wildman–Crippen MR) is 92.2 cm³/mol. The molecular weight excluding hydrogens is 306 g/mol. The van der Waals surface area contributed by atoms with E-state index in [1.54, 1.807) is 0 Å². The van der Waals surface area contributed by atoms with E-state index in [-0.39, 0.29) is 11.6 Å². The number of carbonyl (C=O) groups is 1. The fourth-order valence-corrected chi connectivity index (χ4v) is 2.95. The fourth-order valence-electron chi connectivity index (χ4n) is 2.95. The number of anilines is 1. The summed E-state index contributed by atoms with van der Waals surface area (Å²) in [6.07, 6.45) is 1.04. The normalized spacial score (nSPS) is 16.8. The highest BCUT2D eigenvalue weighted by Crippen LogP contribution is 2.23. The molecule has 1 fully saturated rings. The lowest BCUT2D eigenvalue weighted by Gasteiger charge is -2.18. The molecule has 0 aromatic heterocycles. The van der Waals surface area contributed by atoms with Crippen molar-refractivity contribution in [3.8, 4) is 0 Å². The number of hydrogen-bond donors (Lipinski definition) is 1. The molecule has 6 nitrogen and oxygen atoms in total. The summed E-state index contributed by atoms with van der Waals surface area (Å²) in [5.74, 6) is 0.218. The number of non-ortho nitro benzene ring substituents is 1. The number of benzene rings is 2. The molecule has 1 atom stereocenters. The maximum atomic E-state index is 12.1. The van der Waals surface area contributed by atoms with Gasteiger partial charge in [-0.05, 0) is 36.6 Å². The van der Waals surface area contributed by atoms with Gasteiger partial charge in [0.05, 0.1) is 4.92 Å². The molecule has 2 aromatic carbocycles. The van der Waals surface area contributed by atoms with Crippen molar-refractivity contribution in [1.82, 2.24) is 5.32 Å². The first-order valence-corrected chi connectivity index (χ1v) is 7.96. The van der Waals surface area contributed by atoms with Gasteiger partial charge < -0.3 is 10.2 Å². The van der Waals surface area contributed by atoms with Gasteiger partial charge in [-0.15, -0.1) is 0 Å². The van der Waals surface area contributed by atoms with Gasteiger partial charge in [0, 0.05) is 43.0 Å². The third-order valence-electron chi connectivity index (χ3n) is 4.30. The van der Waals surface area contributed by atoms with Crippen molar-refractivity contribution < 1.29 is 9.72 Å². The molecule has 1 saturated heterocycles. The van der Waals surface area contributed by atoms with Crippen molar-refractivity contribution in [2.24, 2.45) is 5.92 Å². The van der Waals surface area contributed by atoms with Crippen molar-refractivity contribution in [2.45, 2.75) is 6.42 Å². The Hall–Kier alpha value is -2.89. The molecule has 124 valence electrons. The van der Waals surface area contributed by atoms with Gasteiger partial charge in [0.15, 0.2) is 0 Å². The van der Waals surface area contributed by atoms with Crippen molar-refractivity contribution in [3.63, 3.8) is 0 Å². The highest BCUT2D eigenvalue weighted by atomic mass is 16.6. The monoisotopic (exact) mass is 325 g/mol. The number of nitro benzene ring substituents is 1. The molecule has 0 spiro atoms. The Morgan fingerprint density at radius 2 is 1.88 bits per heavy atom. The number of nitrogens with zero attached hydrogens (tertiary/aromatic N) is 2. The van der Waals surface area contributed by atoms with Crippen LogP contribution in [0.4, 0.5) is 11.4 Å². The second-order valence-corrected chi connectivity index (χ2v) is 5.95. The maximum Gasteiger partial charge on any atom is 0.269 e. The van der Waals surface area contributed by atoms with Crippen LogP contribution >= 0.6 is 0 Å². The number of rotatable bonds is 5. The highest BCUT2D eigenvalue weighted by Gasteiger charge is 2.23. The van der Waals surface area contributed by atoms with Crippen LogP contribution in [0.3, 0.4) is 0 Å². The van der Waals surface area contributed by atoms with Crippen LogP contribution in [-0.2, 0) is 0 Å². The van der Waals surface area contributed by atoms with Gasteiger partial charge in [0.1, 0.15) is 0 Å². The molecule has 3 rings (SSSR count). The smallest absolute Gasteiger partial charge is 0.269 e. The molecule has 6 heteroatoms. The third kappa shape index (κ3) is 3.71. The predicted octanol–water partition coefficient (Wildman–Crippen LogP) is 2.85. The van der Waals surface area contributed by atoms with Crippen molar-refractivity contribution in [2.75, 3.05) is 24.5 Å². The first kappa shape index (κ1) is 16.0. The highest BCUT2D eigenvalue weighted by molar-refractivity contribution is 5.94. The Kier molecular flexibility index (Phi) is 4.74. The summed E-state index contributed by atoms with van der Waals surface area (Å²) in [6.45, 7) is 2.52. The number of para-hydroxylation sites is 1. The van der Waals surface area contributed by atoms with Crippen molar-refractivity contribution in [3.05, 3.63) is 70.3 Å². The maximum absolute atomic E-state index is 12.1. The molecule has 1 aliphatic rings. The topological polar surface area (TPSA) is 75.5 Å². The molecule has 2 aromatic rings.